The highest BCUT2D eigenvalue weighted by Gasteiger charge is 2.28. The molecule has 0 bridgehead atoms. The normalized spacial score (nSPS) is 13.9. The third kappa shape index (κ3) is 7.11. The number of ether oxygens (including phenoxy) is 3. The monoisotopic (exact) mass is 547 g/mol. The van der Waals surface area contributed by atoms with Gasteiger partial charge in [-0.2, -0.15) is 5.26 Å². The van der Waals surface area contributed by atoms with E-state index >= 15 is 0 Å². The highest BCUT2D eigenvalue weighted by Crippen LogP contribution is 2.27. The number of likely N-dealkylation sites (tertiary alicyclic amines) is 1. The minimum Gasteiger partial charge on any atom is -0.490 e. The van der Waals surface area contributed by atoms with E-state index in [1.807, 2.05) is 20.8 Å². The van der Waals surface area contributed by atoms with Crippen LogP contribution in [0.2, 0.25) is 0 Å². The maximum atomic E-state index is 13.5. The van der Waals surface area contributed by atoms with Crippen molar-refractivity contribution < 1.29 is 33.0 Å². The molecule has 0 atom stereocenters. The highest BCUT2D eigenvalue weighted by molar-refractivity contribution is 6.08. The van der Waals surface area contributed by atoms with Crippen LogP contribution in [0.1, 0.15) is 56.7 Å². The Kier molecular flexibility index (Phi) is 8.63. The third-order valence-corrected chi connectivity index (χ3v) is 6.24. The van der Waals surface area contributed by atoms with E-state index in [0.29, 0.717) is 53.9 Å². The summed E-state index contributed by atoms with van der Waals surface area (Å²) in [6.45, 7) is 8.16. The number of fused-ring (bicyclic) bond motifs is 1. The number of nitrogens with zero attached hydrogens (tertiary/aromatic N) is 3. The molecule has 40 heavy (non-hydrogen) atoms. The molecular weight excluding hydrogens is 514 g/mol. The van der Waals surface area contributed by atoms with Gasteiger partial charge >= 0.3 is 12.1 Å². The number of carbonyl (C=O) groups is 3. The number of nitriles is 1. The Bertz CT molecular complexity index is 1410. The van der Waals surface area contributed by atoms with E-state index in [4.69, 9.17) is 23.9 Å². The number of benzene rings is 2. The Morgan fingerprint density at radius 3 is 2.40 bits per heavy atom. The zero-order chi connectivity index (χ0) is 28.9. The van der Waals surface area contributed by atoms with Gasteiger partial charge in [0, 0.05) is 37.0 Å². The van der Waals surface area contributed by atoms with Crippen molar-refractivity contribution in [2.75, 3.05) is 31.1 Å². The van der Waals surface area contributed by atoms with Gasteiger partial charge in [-0.25, -0.2) is 4.79 Å². The van der Waals surface area contributed by atoms with Gasteiger partial charge in [0.15, 0.2) is 5.76 Å². The number of esters is 1. The quantitative estimate of drug-likeness (QED) is 0.366. The number of hydrogen-bond acceptors (Lipinski definition) is 8. The average molecular weight is 548 g/mol. The van der Waals surface area contributed by atoms with Crippen molar-refractivity contribution in [1.29, 1.82) is 5.26 Å². The number of piperidine rings is 1. The van der Waals surface area contributed by atoms with Crippen LogP contribution in [0.5, 0.6) is 5.75 Å². The van der Waals surface area contributed by atoms with Crippen LogP contribution in [-0.4, -0.2) is 60.8 Å². The third-order valence-electron chi connectivity index (χ3n) is 6.24. The number of furan rings is 1. The van der Waals surface area contributed by atoms with Crippen LogP contribution in [0.15, 0.2) is 52.9 Å². The summed E-state index contributed by atoms with van der Waals surface area (Å²) < 4.78 is 22.4. The van der Waals surface area contributed by atoms with Crippen molar-refractivity contribution >= 4 is 34.6 Å². The SMILES string of the molecule is CCOC(=O)CN(C(=O)c1cc2cc(C#N)ccc2o1)c1ccc(OC2CCN(C(=O)OC(C)(C)C)CC2)cc1. The summed E-state index contributed by atoms with van der Waals surface area (Å²) >= 11 is 0. The summed E-state index contributed by atoms with van der Waals surface area (Å²) in [4.78, 5) is 41.1. The minimum atomic E-state index is -0.559. The minimum absolute atomic E-state index is 0.0338. The maximum Gasteiger partial charge on any atom is 0.410 e. The van der Waals surface area contributed by atoms with Gasteiger partial charge in [-0.15, -0.1) is 0 Å². The molecule has 0 radical (unpaired) electrons. The second kappa shape index (κ2) is 12.1. The first-order chi connectivity index (χ1) is 19.1. The highest BCUT2D eigenvalue weighted by atomic mass is 16.6. The summed E-state index contributed by atoms with van der Waals surface area (Å²) in [5.41, 5.74) is 0.824. The molecule has 0 saturated carbocycles. The standard InChI is InChI=1S/C30H33N3O7/c1-5-37-27(34)19-33(28(35)26-17-21-16-20(18-31)6-11-25(21)39-26)22-7-9-23(10-8-22)38-24-12-14-32(15-13-24)29(36)40-30(2,3)4/h6-11,16-17,24H,5,12-15,19H2,1-4H3. The van der Waals surface area contributed by atoms with Gasteiger partial charge in [-0.05, 0) is 76.2 Å². The number of amides is 2. The molecule has 2 aromatic carbocycles. The fourth-order valence-electron chi connectivity index (χ4n) is 4.35. The lowest BCUT2D eigenvalue weighted by Crippen LogP contribution is -2.44. The van der Waals surface area contributed by atoms with Crippen LogP contribution in [-0.2, 0) is 14.3 Å². The molecule has 1 fully saturated rings. The van der Waals surface area contributed by atoms with E-state index in [2.05, 4.69) is 6.07 Å². The fraction of sp³-hybridized carbons (Fsp3) is 0.400. The molecule has 1 aromatic heterocycles. The molecular formula is C30H33N3O7. The van der Waals surface area contributed by atoms with Crippen LogP contribution >= 0.6 is 0 Å². The van der Waals surface area contributed by atoms with E-state index in [9.17, 15) is 14.4 Å². The van der Waals surface area contributed by atoms with Gasteiger partial charge in [0.1, 0.15) is 29.6 Å². The zero-order valence-electron chi connectivity index (χ0n) is 23.1. The lowest BCUT2D eigenvalue weighted by molar-refractivity contribution is -0.141. The molecule has 4 rings (SSSR count). The molecule has 0 aliphatic carbocycles. The van der Waals surface area contributed by atoms with Gasteiger partial charge in [0.25, 0.3) is 5.91 Å². The maximum absolute atomic E-state index is 13.5. The van der Waals surface area contributed by atoms with Gasteiger partial charge in [0.05, 0.1) is 18.2 Å². The van der Waals surface area contributed by atoms with E-state index < -0.39 is 17.5 Å². The first-order valence-corrected chi connectivity index (χ1v) is 13.2. The average Bonchev–Trinajstić information content (AvgIpc) is 3.35. The van der Waals surface area contributed by atoms with Crippen LogP contribution in [0.3, 0.4) is 0 Å². The molecule has 0 spiro atoms. The molecule has 10 nitrogen and oxygen atoms in total. The Morgan fingerprint density at radius 2 is 1.77 bits per heavy atom. The van der Waals surface area contributed by atoms with Crippen LogP contribution < -0.4 is 9.64 Å². The molecule has 0 unspecified atom stereocenters. The predicted octanol–water partition coefficient (Wildman–Crippen LogP) is 5.29. The number of rotatable bonds is 7. The lowest BCUT2D eigenvalue weighted by atomic mass is 10.1. The summed E-state index contributed by atoms with van der Waals surface area (Å²) in [6.07, 6.45) is 0.925. The van der Waals surface area contributed by atoms with E-state index in [-0.39, 0.29) is 31.1 Å². The number of hydrogen-bond donors (Lipinski definition) is 0. The van der Waals surface area contributed by atoms with E-state index in [0.717, 1.165) is 0 Å². The molecule has 1 aliphatic rings. The van der Waals surface area contributed by atoms with Gasteiger partial charge in [0.2, 0.25) is 0 Å². The molecule has 3 aromatic rings. The van der Waals surface area contributed by atoms with Crippen molar-refractivity contribution in [3.8, 4) is 11.8 Å². The number of carbonyl (C=O) groups excluding carboxylic acids is 3. The second-order valence-corrected chi connectivity index (χ2v) is 10.4. The van der Waals surface area contributed by atoms with Crippen molar-refractivity contribution in [3.63, 3.8) is 0 Å². The molecule has 2 heterocycles. The van der Waals surface area contributed by atoms with Gasteiger partial charge in [-0.1, -0.05) is 0 Å². The zero-order valence-corrected chi connectivity index (χ0v) is 23.1. The topological polar surface area (TPSA) is 122 Å². The first-order valence-electron chi connectivity index (χ1n) is 13.2. The summed E-state index contributed by atoms with van der Waals surface area (Å²) in [5, 5.41) is 9.77. The summed E-state index contributed by atoms with van der Waals surface area (Å²) in [6, 6.07) is 15.3. The Hall–Kier alpha value is -4.52. The van der Waals surface area contributed by atoms with Crippen LogP contribution in [0, 0.1) is 11.3 Å². The molecule has 210 valence electrons. The van der Waals surface area contributed by atoms with Gasteiger partial charge < -0.3 is 23.5 Å². The van der Waals surface area contributed by atoms with Crippen molar-refractivity contribution in [2.45, 2.75) is 52.2 Å². The summed E-state index contributed by atoms with van der Waals surface area (Å²) in [7, 11) is 0. The Balaban J connectivity index is 1.45. The Morgan fingerprint density at radius 1 is 1.07 bits per heavy atom. The molecule has 1 aliphatic heterocycles. The molecule has 10 heteroatoms. The summed E-state index contributed by atoms with van der Waals surface area (Å²) in [5.74, 6) is -0.441. The largest absolute Gasteiger partial charge is 0.490 e. The van der Waals surface area contributed by atoms with E-state index in [1.165, 1.54) is 4.90 Å². The number of anilines is 1. The van der Waals surface area contributed by atoms with Crippen molar-refractivity contribution in [3.05, 3.63) is 59.9 Å². The van der Waals surface area contributed by atoms with Crippen molar-refractivity contribution in [2.24, 2.45) is 0 Å². The van der Waals surface area contributed by atoms with Crippen molar-refractivity contribution in [1.82, 2.24) is 4.90 Å². The smallest absolute Gasteiger partial charge is 0.410 e. The molecule has 1 saturated heterocycles. The van der Waals surface area contributed by atoms with E-state index in [1.54, 1.807) is 60.4 Å². The molecule has 2 amide bonds. The first kappa shape index (κ1) is 28.5. The fourth-order valence-corrected chi connectivity index (χ4v) is 4.35. The van der Waals surface area contributed by atoms with Crippen LogP contribution in [0.25, 0.3) is 11.0 Å². The second-order valence-electron chi connectivity index (χ2n) is 10.4. The van der Waals surface area contributed by atoms with Gasteiger partial charge in [-0.3, -0.25) is 14.5 Å². The predicted molar refractivity (Wildman–Crippen MR) is 147 cm³/mol. The lowest BCUT2D eigenvalue weighted by Gasteiger charge is -2.33. The van der Waals surface area contributed by atoms with Crippen LogP contribution in [0.4, 0.5) is 10.5 Å². The molecule has 0 N–H and O–H groups in total. The Labute approximate surface area is 233 Å².